The Labute approximate surface area is 114 Å². The maximum atomic E-state index is 12.3. The van der Waals surface area contributed by atoms with Crippen molar-refractivity contribution >= 4 is 10.0 Å². The molecule has 0 aliphatic heterocycles. The van der Waals surface area contributed by atoms with Crippen LogP contribution in [-0.4, -0.2) is 21.0 Å². The molecule has 1 aliphatic rings. The van der Waals surface area contributed by atoms with Gasteiger partial charge in [-0.2, -0.15) is 0 Å². The van der Waals surface area contributed by atoms with Crippen LogP contribution in [0.25, 0.3) is 0 Å². The number of hydrogen-bond acceptors (Lipinski definition) is 3. The summed E-state index contributed by atoms with van der Waals surface area (Å²) in [6.45, 7) is 2.28. The Morgan fingerprint density at radius 1 is 1.42 bits per heavy atom. The molecule has 1 aliphatic carbocycles. The SMILES string of the molecule is CCC1CC1NS(=O)(=O)c1ccccc1C#CCN. The largest absolute Gasteiger partial charge is 0.320 e. The van der Waals surface area contributed by atoms with Gasteiger partial charge in [-0.05, 0) is 24.5 Å². The molecule has 1 fully saturated rings. The first-order chi connectivity index (χ1) is 9.08. The van der Waals surface area contributed by atoms with Crippen molar-refractivity contribution in [3.63, 3.8) is 0 Å². The second-order valence-electron chi connectivity index (χ2n) is 4.63. The lowest BCUT2D eigenvalue weighted by Crippen LogP contribution is -2.27. The summed E-state index contributed by atoms with van der Waals surface area (Å²) in [4.78, 5) is 0.234. The number of hydrogen-bond donors (Lipinski definition) is 2. The summed E-state index contributed by atoms with van der Waals surface area (Å²) < 4.78 is 27.4. The second-order valence-corrected chi connectivity index (χ2v) is 6.32. The van der Waals surface area contributed by atoms with Gasteiger partial charge in [-0.1, -0.05) is 37.3 Å². The van der Waals surface area contributed by atoms with Crippen LogP contribution in [0.5, 0.6) is 0 Å². The summed E-state index contributed by atoms with van der Waals surface area (Å²) in [6, 6.07) is 6.82. The lowest BCUT2D eigenvalue weighted by Gasteiger charge is -2.08. The van der Waals surface area contributed by atoms with Crippen LogP contribution in [0.2, 0.25) is 0 Å². The van der Waals surface area contributed by atoms with E-state index in [1.54, 1.807) is 24.3 Å². The predicted octanol–water partition coefficient (Wildman–Crippen LogP) is 1.07. The normalized spacial score (nSPS) is 21.6. The molecule has 0 aromatic heterocycles. The van der Waals surface area contributed by atoms with E-state index in [1.807, 2.05) is 0 Å². The molecule has 3 N–H and O–H groups in total. The Balaban J connectivity index is 2.25. The highest BCUT2D eigenvalue weighted by atomic mass is 32.2. The smallest absolute Gasteiger partial charge is 0.242 e. The summed E-state index contributed by atoms with van der Waals surface area (Å²) in [5.41, 5.74) is 5.82. The Hall–Kier alpha value is -1.35. The highest BCUT2D eigenvalue weighted by Crippen LogP contribution is 2.34. The lowest BCUT2D eigenvalue weighted by atomic mass is 10.2. The van der Waals surface area contributed by atoms with Crippen LogP contribution in [0.15, 0.2) is 29.2 Å². The van der Waals surface area contributed by atoms with Crippen LogP contribution in [0.1, 0.15) is 25.3 Å². The molecule has 2 atom stereocenters. The molecule has 102 valence electrons. The molecule has 1 aromatic rings. The third-order valence-electron chi connectivity index (χ3n) is 3.26. The fourth-order valence-corrected chi connectivity index (χ4v) is 3.54. The molecule has 2 rings (SSSR count). The summed E-state index contributed by atoms with van der Waals surface area (Å²) in [6.07, 6.45) is 1.92. The number of rotatable bonds is 4. The van der Waals surface area contributed by atoms with E-state index in [2.05, 4.69) is 23.5 Å². The molecule has 5 heteroatoms. The number of nitrogens with two attached hydrogens (primary N) is 1. The predicted molar refractivity (Wildman–Crippen MR) is 74.9 cm³/mol. The molecule has 0 radical (unpaired) electrons. The average Bonchev–Trinajstić information content (AvgIpc) is 3.14. The first kappa shape index (κ1) is 14.1. The van der Waals surface area contributed by atoms with E-state index in [1.165, 1.54) is 0 Å². The van der Waals surface area contributed by atoms with Crippen molar-refractivity contribution in [2.75, 3.05) is 6.54 Å². The summed E-state index contributed by atoms with van der Waals surface area (Å²) in [5.74, 6) is 5.96. The average molecular weight is 278 g/mol. The molecule has 0 bridgehead atoms. The van der Waals surface area contributed by atoms with E-state index in [0.717, 1.165) is 12.8 Å². The van der Waals surface area contributed by atoms with E-state index >= 15 is 0 Å². The summed E-state index contributed by atoms with van der Waals surface area (Å²) in [7, 11) is -3.49. The minimum atomic E-state index is -3.49. The zero-order valence-electron chi connectivity index (χ0n) is 10.9. The maximum absolute atomic E-state index is 12.3. The highest BCUT2D eigenvalue weighted by Gasteiger charge is 2.38. The Morgan fingerprint density at radius 3 is 2.79 bits per heavy atom. The molecule has 2 unspecified atom stereocenters. The molecule has 1 aromatic carbocycles. The third kappa shape index (κ3) is 3.35. The zero-order chi connectivity index (χ0) is 13.9. The van der Waals surface area contributed by atoms with Crippen molar-refractivity contribution in [1.82, 2.24) is 4.72 Å². The van der Waals surface area contributed by atoms with E-state index in [9.17, 15) is 8.42 Å². The van der Waals surface area contributed by atoms with Crippen molar-refractivity contribution in [2.24, 2.45) is 11.7 Å². The van der Waals surface area contributed by atoms with E-state index in [0.29, 0.717) is 11.5 Å². The van der Waals surface area contributed by atoms with Crippen molar-refractivity contribution in [3.8, 4) is 11.8 Å². The van der Waals surface area contributed by atoms with Gasteiger partial charge in [-0.25, -0.2) is 13.1 Å². The van der Waals surface area contributed by atoms with Gasteiger partial charge < -0.3 is 5.73 Å². The van der Waals surface area contributed by atoms with Crippen LogP contribution in [0, 0.1) is 17.8 Å². The molecule has 4 nitrogen and oxygen atoms in total. The van der Waals surface area contributed by atoms with Crippen LogP contribution in [0.3, 0.4) is 0 Å². The van der Waals surface area contributed by atoms with Crippen LogP contribution in [0.4, 0.5) is 0 Å². The lowest BCUT2D eigenvalue weighted by molar-refractivity contribution is 0.575. The van der Waals surface area contributed by atoms with Crippen LogP contribution >= 0.6 is 0 Å². The second kappa shape index (κ2) is 5.74. The zero-order valence-corrected chi connectivity index (χ0v) is 11.7. The molecule has 1 saturated carbocycles. The number of sulfonamides is 1. The Bertz CT molecular complexity index is 614. The van der Waals surface area contributed by atoms with E-state index in [-0.39, 0.29) is 17.5 Å². The van der Waals surface area contributed by atoms with Gasteiger partial charge in [0.15, 0.2) is 0 Å². The van der Waals surface area contributed by atoms with Gasteiger partial charge >= 0.3 is 0 Å². The van der Waals surface area contributed by atoms with Crippen LogP contribution in [-0.2, 0) is 10.0 Å². The molecule has 0 spiro atoms. The monoisotopic (exact) mass is 278 g/mol. The standard InChI is InChI=1S/C14H18N2O2S/c1-2-11-10-13(11)16-19(17,18)14-8-4-3-6-12(14)7-5-9-15/h3-4,6,8,11,13,16H,2,9-10,15H2,1H3. The van der Waals surface area contributed by atoms with Gasteiger partial charge in [0, 0.05) is 11.6 Å². The first-order valence-electron chi connectivity index (χ1n) is 6.38. The van der Waals surface area contributed by atoms with E-state index < -0.39 is 10.0 Å². The highest BCUT2D eigenvalue weighted by molar-refractivity contribution is 7.89. The van der Waals surface area contributed by atoms with Crippen molar-refractivity contribution in [1.29, 1.82) is 0 Å². The van der Waals surface area contributed by atoms with Crippen molar-refractivity contribution in [2.45, 2.75) is 30.7 Å². The van der Waals surface area contributed by atoms with Gasteiger partial charge in [-0.15, -0.1) is 0 Å². The molecule has 0 heterocycles. The Morgan fingerprint density at radius 2 is 2.16 bits per heavy atom. The summed E-state index contributed by atoms with van der Waals surface area (Å²) >= 11 is 0. The van der Waals surface area contributed by atoms with Gasteiger partial charge in [0.25, 0.3) is 0 Å². The molecule has 0 saturated heterocycles. The van der Waals surface area contributed by atoms with Crippen LogP contribution < -0.4 is 10.5 Å². The minimum Gasteiger partial charge on any atom is -0.320 e. The maximum Gasteiger partial charge on any atom is 0.242 e. The van der Waals surface area contributed by atoms with Gasteiger partial charge in [-0.3, -0.25) is 0 Å². The van der Waals surface area contributed by atoms with Crippen molar-refractivity contribution < 1.29 is 8.42 Å². The quantitative estimate of drug-likeness (QED) is 0.809. The van der Waals surface area contributed by atoms with Gasteiger partial charge in [0.2, 0.25) is 10.0 Å². The third-order valence-corrected chi connectivity index (χ3v) is 4.80. The van der Waals surface area contributed by atoms with Crippen molar-refractivity contribution in [3.05, 3.63) is 29.8 Å². The molecular formula is C14H18N2O2S. The molecular weight excluding hydrogens is 260 g/mol. The topological polar surface area (TPSA) is 72.2 Å². The fourth-order valence-electron chi connectivity index (χ4n) is 2.06. The minimum absolute atomic E-state index is 0.0746. The van der Waals surface area contributed by atoms with E-state index in [4.69, 9.17) is 5.73 Å². The molecule has 0 amide bonds. The fraction of sp³-hybridized carbons (Fsp3) is 0.429. The number of benzene rings is 1. The molecule has 19 heavy (non-hydrogen) atoms. The summed E-state index contributed by atoms with van der Waals surface area (Å²) in [5, 5.41) is 0. The van der Waals surface area contributed by atoms with Gasteiger partial charge in [0.1, 0.15) is 0 Å². The number of nitrogens with one attached hydrogen (secondary N) is 1. The van der Waals surface area contributed by atoms with Gasteiger partial charge in [0.05, 0.1) is 11.4 Å². The Kier molecular flexibility index (Phi) is 4.25. The first-order valence-corrected chi connectivity index (χ1v) is 7.87.